The van der Waals surface area contributed by atoms with Gasteiger partial charge in [-0.15, -0.1) is 0 Å². The van der Waals surface area contributed by atoms with E-state index in [1.807, 2.05) is 25.1 Å². The zero-order valence-corrected chi connectivity index (χ0v) is 15.1. The van der Waals surface area contributed by atoms with Crippen LogP contribution in [0.2, 0.25) is 5.02 Å². The van der Waals surface area contributed by atoms with Gasteiger partial charge in [-0.3, -0.25) is 4.90 Å². The lowest BCUT2D eigenvalue weighted by atomic mass is 10.2. The minimum atomic E-state index is 0.531. The average Bonchev–Trinajstić information content (AvgIpc) is 2.39. The number of nitrogens with zero attached hydrogens (tertiary/aromatic N) is 1. The molecule has 0 aromatic heterocycles. The van der Waals surface area contributed by atoms with Crippen molar-refractivity contribution in [3.8, 4) is 0 Å². The Morgan fingerprint density at radius 3 is 2.43 bits per heavy atom. The van der Waals surface area contributed by atoms with E-state index in [1.54, 1.807) is 0 Å². The minimum Gasteiger partial charge on any atom is -0.361 e. The molecule has 0 radical (unpaired) electrons. The van der Waals surface area contributed by atoms with Gasteiger partial charge in [-0.1, -0.05) is 17.7 Å². The fraction of sp³-hybridized carbons (Fsp3) is 0.562. The summed E-state index contributed by atoms with van der Waals surface area (Å²) in [6, 6.07) is 6.83. The van der Waals surface area contributed by atoms with Crippen LogP contribution in [0.4, 0.5) is 5.69 Å². The number of anilines is 1. The number of benzene rings is 1. The first-order valence-electron chi connectivity index (χ1n) is 7.38. The maximum atomic E-state index is 6.10. The van der Waals surface area contributed by atoms with Gasteiger partial charge in [0.15, 0.2) is 5.11 Å². The number of nitrogens with one attached hydrogen (secondary N) is 2. The summed E-state index contributed by atoms with van der Waals surface area (Å²) in [6.07, 6.45) is 0. The van der Waals surface area contributed by atoms with Crippen LogP contribution in [-0.4, -0.2) is 35.2 Å². The number of hydrogen-bond donors (Lipinski definition) is 2. The van der Waals surface area contributed by atoms with Crippen molar-refractivity contribution in [1.29, 1.82) is 0 Å². The van der Waals surface area contributed by atoms with Crippen molar-refractivity contribution in [3.05, 3.63) is 28.8 Å². The fourth-order valence-electron chi connectivity index (χ4n) is 2.32. The van der Waals surface area contributed by atoms with Gasteiger partial charge in [-0.05, 0) is 64.5 Å². The third kappa shape index (κ3) is 5.81. The molecule has 0 saturated heterocycles. The molecule has 0 heterocycles. The van der Waals surface area contributed by atoms with Crippen LogP contribution in [0.3, 0.4) is 0 Å². The van der Waals surface area contributed by atoms with Gasteiger partial charge in [0.2, 0.25) is 0 Å². The number of hydrogen-bond acceptors (Lipinski definition) is 2. The Kier molecular flexibility index (Phi) is 7.43. The van der Waals surface area contributed by atoms with Crippen molar-refractivity contribution in [2.75, 3.05) is 18.4 Å². The largest absolute Gasteiger partial charge is 0.361 e. The molecule has 0 aliphatic carbocycles. The predicted octanol–water partition coefficient (Wildman–Crippen LogP) is 4.05. The maximum Gasteiger partial charge on any atom is 0.170 e. The normalized spacial score (nSPS) is 11.3. The molecule has 0 atom stereocenters. The molecule has 0 aliphatic rings. The van der Waals surface area contributed by atoms with Crippen molar-refractivity contribution in [3.63, 3.8) is 0 Å². The lowest BCUT2D eigenvalue weighted by Crippen LogP contribution is -2.43. The van der Waals surface area contributed by atoms with Crippen molar-refractivity contribution < 1.29 is 0 Å². The molecule has 1 aromatic carbocycles. The van der Waals surface area contributed by atoms with Crippen molar-refractivity contribution >= 4 is 34.6 Å². The van der Waals surface area contributed by atoms with Crippen LogP contribution in [0.1, 0.15) is 33.3 Å². The Morgan fingerprint density at radius 2 is 1.86 bits per heavy atom. The second kappa shape index (κ2) is 8.57. The molecule has 0 bridgehead atoms. The molecule has 0 unspecified atom stereocenters. The van der Waals surface area contributed by atoms with Crippen molar-refractivity contribution in [2.45, 2.75) is 46.7 Å². The van der Waals surface area contributed by atoms with Gasteiger partial charge in [0.25, 0.3) is 0 Å². The van der Waals surface area contributed by atoms with E-state index in [1.165, 1.54) is 0 Å². The average molecular weight is 328 g/mol. The molecule has 0 spiro atoms. The van der Waals surface area contributed by atoms with E-state index in [4.69, 9.17) is 23.8 Å². The Balaban J connectivity index is 2.46. The highest BCUT2D eigenvalue weighted by Gasteiger charge is 2.12. The first kappa shape index (κ1) is 18.2. The second-order valence-corrected chi connectivity index (χ2v) is 6.53. The summed E-state index contributed by atoms with van der Waals surface area (Å²) in [5.74, 6) is 0. The van der Waals surface area contributed by atoms with E-state index in [-0.39, 0.29) is 0 Å². The van der Waals surface area contributed by atoms with Crippen LogP contribution in [0, 0.1) is 6.92 Å². The van der Waals surface area contributed by atoms with Gasteiger partial charge in [0, 0.05) is 35.9 Å². The van der Waals surface area contributed by atoms with Crippen LogP contribution in [0.25, 0.3) is 0 Å². The SMILES string of the molecule is Cc1c(Cl)cccc1NC(=S)NCCN(C(C)C)C(C)C. The van der Waals surface area contributed by atoms with E-state index in [0.717, 1.165) is 29.4 Å². The standard InChI is InChI=1S/C16H26ClN3S/c1-11(2)20(12(3)4)10-9-18-16(21)19-15-8-6-7-14(17)13(15)5/h6-8,11-12H,9-10H2,1-5H3,(H2,18,19,21). The minimum absolute atomic E-state index is 0.531. The maximum absolute atomic E-state index is 6.10. The van der Waals surface area contributed by atoms with Crippen LogP contribution in [-0.2, 0) is 0 Å². The number of rotatable bonds is 6. The molecule has 5 heteroatoms. The zero-order chi connectivity index (χ0) is 16.0. The van der Waals surface area contributed by atoms with E-state index < -0.39 is 0 Å². The molecule has 1 aromatic rings. The summed E-state index contributed by atoms with van der Waals surface area (Å²) in [6.45, 7) is 12.6. The van der Waals surface area contributed by atoms with Crippen LogP contribution < -0.4 is 10.6 Å². The number of thiocarbonyl (C=S) groups is 1. The van der Waals surface area contributed by atoms with Crippen LogP contribution in [0.5, 0.6) is 0 Å². The molecule has 0 amide bonds. The lowest BCUT2D eigenvalue weighted by Gasteiger charge is -2.30. The van der Waals surface area contributed by atoms with Crippen LogP contribution in [0.15, 0.2) is 18.2 Å². The second-order valence-electron chi connectivity index (χ2n) is 5.72. The van der Waals surface area contributed by atoms with E-state index in [0.29, 0.717) is 17.2 Å². The molecular weight excluding hydrogens is 302 g/mol. The Bertz CT molecular complexity index is 467. The number of halogens is 1. The lowest BCUT2D eigenvalue weighted by molar-refractivity contribution is 0.178. The zero-order valence-electron chi connectivity index (χ0n) is 13.5. The monoisotopic (exact) mass is 327 g/mol. The fourth-order valence-corrected chi connectivity index (χ4v) is 2.71. The third-order valence-corrected chi connectivity index (χ3v) is 4.15. The molecule has 3 nitrogen and oxygen atoms in total. The van der Waals surface area contributed by atoms with Gasteiger partial charge in [0.05, 0.1) is 0 Å². The summed E-state index contributed by atoms with van der Waals surface area (Å²) in [5, 5.41) is 7.83. The van der Waals surface area contributed by atoms with E-state index in [9.17, 15) is 0 Å². The topological polar surface area (TPSA) is 27.3 Å². The molecule has 21 heavy (non-hydrogen) atoms. The highest BCUT2D eigenvalue weighted by atomic mass is 35.5. The highest BCUT2D eigenvalue weighted by molar-refractivity contribution is 7.80. The van der Waals surface area contributed by atoms with Gasteiger partial charge in [0.1, 0.15) is 0 Å². The molecule has 0 fully saturated rings. The molecule has 0 aliphatic heterocycles. The third-order valence-electron chi connectivity index (χ3n) is 3.50. The van der Waals surface area contributed by atoms with Gasteiger partial charge < -0.3 is 10.6 Å². The first-order valence-corrected chi connectivity index (χ1v) is 8.17. The van der Waals surface area contributed by atoms with E-state index >= 15 is 0 Å². The summed E-state index contributed by atoms with van der Waals surface area (Å²) in [7, 11) is 0. The highest BCUT2D eigenvalue weighted by Crippen LogP contribution is 2.22. The Morgan fingerprint density at radius 1 is 1.24 bits per heavy atom. The smallest absolute Gasteiger partial charge is 0.170 e. The van der Waals surface area contributed by atoms with Gasteiger partial charge >= 0.3 is 0 Å². The first-order chi connectivity index (χ1) is 9.82. The Hall–Kier alpha value is -0.840. The summed E-state index contributed by atoms with van der Waals surface area (Å²) >= 11 is 11.4. The van der Waals surface area contributed by atoms with E-state index in [2.05, 4.69) is 43.2 Å². The van der Waals surface area contributed by atoms with Gasteiger partial charge in [-0.2, -0.15) is 0 Å². The van der Waals surface area contributed by atoms with Crippen molar-refractivity contribution in [1.82, 2.24) is 10.2 Å². The van der Waals surface area contributed by atoms with Gasteiger partial charge in [-0.25, -0.2) is 0 Å². The quantitative estimate of drug-likeness (QED) is 0.771. The molecule has 0 saturated carbocycles. The molecule has 2 N–H and O–H groups in total. The summed E-state index contributed by atoms with van der Waals surface area (Å²) in [5.41, 5.74) is 1.96. The van der Waals surface area contributed by atoms with Crippen molar-refractivity contribution in [2.24, 2.45) is 0 Å². The molecule has 118 valence electrons. The molecular formula is C16H26ClN3S. The Labute approximate surface area is 139 Å². The summed E-state index contributed by atoms with van der Waals surface area (Å²) in [4.78, 5) is 2.43. The van der Waals surface area contributed by atoms with Crippen LogP contribution >= 0.6 is 23.8 Å². The predicted molar refractivity (Wildman–Crippen MR) is 97.4 cm³/mol. The summed E-state index contributed by atoms with van der Waals surface area (Å²) < 4.78 is 0. The molecule has 1 rings (SSSR count).